The van der Waals surface area contributed by atoms with Gasteiger partial charge < -0.3 is 0 Å². The van der Waals surface area contributed by atoms with E-state index in [-0.39, 0.29) is 0 Å². The van der Waals surface area contributed by atoms with Crippen LogP contribution < -0.4 is 9.25 Å². The van der Waals surface area contributed by atoms with Crippen LogP contribution in [-0.2, 0) is 16.8 Å². The standard InChI is InChI=1S/C21H17AsCl3NO/c1-14-2-3-15(10-20(14)24)12-26(18-7-5-17(22-27)6-8-18)13-16-4-9-19(23)21(25)11-16/h2-11H,12-13H2,1H3. The fourth-order valence-electron chi connectivity index (χ4n) is 2.78. The normalized spacial score (nSPS) is 11.0. The number of anilines is 1. The van der Waals surface area contributed by atoms with Crippen molar-refractivity contribution < 1.29 is 3.74 Å². The molecule has 0 atom stereocenters. The van der Waals surface area contributed by atoms with Crippen LogP contribution in [0.15, 0.2) is 60.7 Å². The fraction of sp³-hybridized carbons (Fsp3) is 0.143. The van der Waals surface area contributed by atoms with Gasteiger partial charge in [0.1, 0.15) is 0 Å². The molecule has 0 saturated carbocycles. The van der Waals surface area contributed by atoms with Gasteiger partial charge in [-0.05, 0) is 0 Å². The second-order valence-electron chi connectivity index (χ2n) is 6.30. The van der Waals surface area contributed by atoms with Crippen molar-refractivity contribution in [1.29, 1.82) is 0 Å². The molecule has 0 radical (unpaired) electrons. The van der Waals surface area contributed by atoms with E-state index in [2.05, 4.69) is 11.0 Å². The van der Waals surface area contributed by atoms with Gasteiger partial charge in [0, 0.05) is 0 Å². The number of hydrogen-bond donors (Lipinski definition) is 0. The third-order valence-corrected chi connectivity index (χ3v) is 6.50. The summed E-state index contributed by atoms with van der Waals surface area (Å²) in [6.45, 7) is 3.33. The molecule has 0 saturated heterocycles. The maximum absolute atomic E-state index is 11.2. The van der Waals surface area contributed by atoms with Crippen LogP contribution in [0.5, 0.6) is 0 Å². The average molecular weight is 481 g/mol. The predicted molar refractivity (Wildman–Crippen MR) is 115 cm³/mol. The summed E-state index contributed by atoms with van der Waals surface area (Å²) in [5.74, 6) is 0. The molecule has 3 aromatic rings. The van der Waals surface area contributed by atoms with Gasteiger partial charge in [-0.3, -0.25) is 0 Å². The Bertz CT molecular complexity index is 907. The Kier molecular flexibility index (Phi) is 7.00. The Morgan fingerprint density at radius 2 is 1.37 bits per heavy atom. The molecular formula is C21H17AsCl3NO. The van der Waals surface area contributed by atoms with Crippen LogP contribution in [0.4, 0.5) is 5.69 Å². The summed E-state index contributed by atoms with van der Waals surface area (Å²) in [5.41, 5.74) is 4.27. The van der Waals surface area contributed by atoms with Gasteiger partial charge >= 0.3 is 182 Å². The summed E-state index contributed by atoms with van der Waals surface area (Å²) in [4.78, 5) is 2.23. The van der Waals surface area contributed by atoms with Gasteiger partial charge in [0.05, 0.1) is 0 Å². The molecule has 0 aliphatic heterocycles. The number of rotatable bonds is 6. The number of benzene rings is 3. The number of nitrogens with zero attached hydrogens (tertiary/aromatic N) is 1. The molecule has 0 N–H and O–H groups in total. The Hall–Kier alpha value is -1.31. The van der Waals surface area contributed by atoms with Crippen LogP contribution in [0, 0.1) is 6.92 Å². The monoisotopic (exact) mass is 479 g/mol. The van der Waals surface area contributed by atoms with E-state index in [4.69, 9.17) is 34.8 Å². The van der Waals surface area contributed by atoms with Crippen molar-refractivity contribution in [2.24, 2.45) is 0 Å². The summed E-state index contributed by atoms with van der Waals surface area (Å²) in [6.07, 6.45) is 0. The zero-order valence-corrected chi connectivity index (χ0v) is 18.8. The topological polar surface area (TPSA) is 20.3 Å². The van der Waals surface area contributed by atoms with Crippen molar-refractivity contribution >= 4 is 60.5 Å². The van der Waals surface area contributed by atoms with Crippen molar-refractivity contribution in [2.75, 3.05) is 4.90 Å². The molecule has 0 amide bonds. The summed E-state index contributed by atoms with van der Waals surface area (Å²) < 4.78 is 12.0. The first kappa shape index (κ1) is 20.4. The van der Waals surface area contributed by atoms with Crippen LogP contribution in [0.1, 0.15) is 16.7 Å². The number of aryl methyl sites for hydroxylation is 1. The summed E-state index contributed by atoms with van der Waals surface area (Å²) in [6, 6.07) is 19.6. The van der Waals surface area contributed by atoms with Crippen LogP contribution in [0.2, 0.25) is 15.1 Å². The molecule has 138 valence electrons. The minimum absolute atomic E-state index is 0.540. The van der Waals surface area contributed by atoms with Crippen LogP contribution in [0.3, 0.4) is 0 Å². The Morgan fingerprint density at radius 3 is 1.93 bits per heavy atom. The molecule has 27 heavy (non-hydrogen) atoms. The second kappa shape index (κ2) is 9.26. The molecule has 0 unspecified atom stereocenters. The summed E-state index contributed by atoms with van der Waals surface area (Å²) in [7, 11) is 0. The fourth-order valence-corrected chi connectivity index (χ4v) is 3.87. The zero-order valence-electron chi connectivity index (χ0n) is 14.6. The van der Waals surface area contributed by atoms with E-state index in [1.54, 1.807) is 0 Å². The summed E-state index contributed by atoms with van der Waals surface area (Å²) in [5, 5.41) is 1.84. The molecule has 0 spiro atoms. The molecule has 3 rings (SSSR count). The average Bonchev–Trinajstić information content (AvgIpc) is 2.67. The first-order chi connectivity index (χ1) is 13.0. The van der Waals surface area contributed by atoms with E-state index in [9.17, 15) is 3.74 Å². The SMILES string of the molecule is Cc1ccc(CN(Cc2ccc(Cl)c(Cl)c2)c2ccc([As]=O)cc2)cc1Cl. The molecule has 6 heteroatoms. The van der Waals surface area contributed by atoms with Crippen molar-refractivity contribution in [2.45, 2.75) is 20.0 Å². The Balaban J connectivity index is 1.92. The molecule has 3 aromatic carbocycles. The van der Waals surface area contributed by atoms with Crippen molar-refractivity contribution in [3.8, 4) is 0 Å². The Labute approximate surface area is 181 Å². The first-order valence-corrected chi connectivity index (χ1v) is 11.2. The van der Waals surface area contributed by atoms with E-state index in [1.165, 1.54) is 0 Å². The van der Waals surface area contributed by atoms with Crippen LogP contribution >= 0.6 is 34.8 Å². The zero-order chi connectivity index (χ0) is 19.4. The summed E-state index contributed by atoms with van der Waals surface area (Å²) >= 11 is 17.5. The van der Waals surface area contributed by atoms with Crippen molar-refractivity contribution in [3.63, 3.8) is 0 Å². The van der Waals surface area contributed by atoms with Gasteiger partial charge in [0.2, 0.25) is 0 Å². The van der Waals surface area contributed by atoms with Gasteiger partial charge in [-0.15, -0.1) is 0 Å². The molecule has 0 bridgehead atoms. The van der Waals surface area contributed by atoms with Crippen LogP contribution in [-0.4, -0.2) is 15.7 Å². The van der Waals surface area contributed by atoms with Crippen LogP contribution in [0.25, 0.3) is 0 Å². The van der Waals surface area contributed by atoms with E-state index in [1.807, 2.05) is 61.5 Å². The number of halogens is 3. The van der Waals surface area contributed by atoms with Gasteiger partial charge in [-0.1, -0.05) is 0 Å². The maximum atomic E-state index is 11.2. The van der Waals surface area contributed by atoms with Gasteiger partial charge in [0.25, 0.3) is 0 Å². The minimum atomic E-state index is -1.02. The predicted octanol–water partition coefficient (Wildman–Crippen LogP) is 5.84. The van der Waals surface area contributed by atoms with E-state index >= 15 is 0 Å². The van der Waals surface area contributed by atoms with Gasteiger partial charge in [-0.2, -0.15) is 0 Å². The van der Waals surface area contributed by atoms with Gasteiger partial charge in [0.15, 0.2) is 0 Å². The molecule has 0 aliphatic rings. The third-order valence-electron chi connectivity index (χ3n) is 4.29. The quantitative estimate of drug-likeness (QED) is 0.413. The third kappa shape index (κ3) is 5.36. The first-order valence-electron chi connectivity index (χ1n) is 8.33. The van der Waals surface area contributed by atoms with E-state index in [0.717, 1.165) is 31.8 Å². The van der Waals surface area contributed by atoms with Crippen molar-refractivity contribution in [3.05, 3.63) is 92.4 Å². The molecular weight excluding hydrogens is 464 g/mol. The van der Waals surface area contributed by atoms with E-state index < -0.39 is 15.7 Å². The molecule has 0 fully saturated rings. The molecule has 2 nitrogen and oxygen atoms in total. The molecule has 0 heterocycles. The number of hydrogen-bond acceptors (Lipinski definition) is 2. The van der Waals surface area contributed by atoms with Gasteiger partial charge in [-0.25, -0.2) is 0 Å². The Morgan fingerprint density at radius 1 is 0.778 bits per heavy atom. The molecule has 0 aromatic heterocycles. The second-order valence-corrected chi connectivity index (χ2v) is 8.98. The molecule has 0 aliphatic carbocycles. The van der Waals surface area contributed by atoms with Crippen molar-refractivity contribution in [1.82, 2.24) is 0 Å². The van der Waals surface area contributed by atoms with E-state index in [0.29, 0.717) is 23.1 Å².